The van der Waals surface area contributed by atoms with E-state index in [-0.39, 0.29) is 12.1 Å². The van der Waals surface area contributed by atoms with Crippen molar-refractivity contribution < 1.29 is 9.50 Å². The normalized spacial score (nSPS) is 19.5. The average molecular weight is 171 g/mol. The van der Waals surface area contributed by atoms with Gasteiger partial charge in [-0.1, -0.05) is 0 Å². The number of halogens is 1. The standard InChI is InChI=1S/C7H10FN3O/c8-7-5(9-11-10-7)3-6(12)4-1-2-4/h4,6,12H,1-3H2,(H,9,10,11). The molecule has 2 N–H and O–H groups in total. The molecule has 1 fully saturated rings. The molecule has 0 aliphatic heterocycles. The lowest BCUT2D eigenvalue weighted by Gasteiger charge is -2.04. The smallest absolute Gasteiger partial charge is 0.255 e. The predicted octanol–water partition coefficient (Wildman–Crippen LogP) is 0.257. The Morgan fingerprint density at radius 1 is 1.58 bits per heavy atom. The van der Waals surface area contributed by atoms with Gasteiger partial charge >= 0.3 is 0 Å². The molecule has 0 spiro atoms. The first-order valence-electron chi connectivity index (χ1n) is 4.00. The molecule has 2 rings (SSSR count). The van der Waals surface area contributed by atoms with E-state index in [4.69, 9.17) is 0 Å². The lowest BCUT2D eigenvalue weighted by molar-refractivity contribution is 0.149. The summed E-state index contributed by atoms with van der Waals surface area (Å²) in [4.78, 5) is 0. The van der Waals surface area contributed by atoms with Crippen molar-refractivity contribution in [2.75, 3.05) is 0 Å². The van der Waals surface area contributed by atoms with Gasteiger partial charge in [0.2, 0.25) is 0 Å². The number of aliphatic hydroxyl groups excluding tert-OH is 1. The van der Waals surface area contributed by atoms with Crippen LogP contribution in [0.1, 0.15) is 18.5 Å². The fourth-order valence-corrected chi connectivity index (χ4v) is 1.22. The Balaban J connectivity index is 1.97. The van der Waals surface area contributed by atoms with Gasteiger partial charge in [-0.15, -0.1) is 5.10 Å². The van der Waals surface area contributed by atoms with Crippen molar-refractivity contribution in [3.63, 3.8) is 0 Å². The molecule has 1 aliphatic carbocycles. The maximum Gasteiger partial charge on any atom is 0.255 e. The summed E-state index contributed by atoms with van der Waals surface area (Å²) in [6.07, 6.45) is 1.90. The number of hydrogen-bond donors (Lipinski definition) is 2. The minimum Gasteiger partial charge on any atom is -0.392 e. The molecule has 1 aromatic heterocycles. The van der Waals surface area contributed by atoms with Crippen LogP contribution in [0, 0.1) is 11.9 Å². The van der Waals surface area contributed by atoms with Gasteiger partial charge in [-0.25, -0.2) is 0 Å². The molecule has 0 saturated heterocycles. The van der Waals surface area contributed by atoms with Crippen LogP contribution in [0.3, 0.4) is 0 Å². The summed E-state index contributed by atoms with van der Waals surface area (Å²) in [5.74, 6) is -0.254. The Hall–Kier alpha value is -0.970. The monoisotopic (exact) mass is 171 g/mol. The molecule has 0 radical (unpaired) electrons. The number of nitrogens with zero attached hydrogens (tertiary/aromatic N) is 2. The summed E-state index contributed by atoms with van der Waals surface area (Å²) in [5, 5.41) is 18.4. The van der Waals surface area contributed by atoms with Crippen molar-refractivity contribution in [3.05, 3.63) is 11.6 Å². The van der Waals surface area contributed by atoms with Crippen LogP contribution in [0.4, 0.5) is 4.39 Å². The number of hydrogen-bond acceptors (Lipinski definition) is 3. The van der Waals surface area contributed by atoms with Gasteiger partial charge in [0.25, 0.3) is 5.95 Å². The van der Waals surface area contributed by atoms with Gasteiger partial charge in [-0.3, -0.25) is 0 Å². The third-order valence-electron chi connectivity index (χ3n) is 2.14. The fourth-order valence-electron chi connectivity index (χ4n) is 1.22. The summed E-state index contributed by atoms with van der Waals surface area (Å²) in [6.45, 7) is 0. The molecule has 1 aromatic rings. The van der Waals surface area contributed by atoms with Crippen molar-refractivity contribution in [3.8, 4) is 0 Å². The van der Waals surface area contributed by atoms with Gasteiger partial charge < -0.3 is 5.11 Å². The van der Waals surface area contributed by atoms with Crippen LogP contribution in [0.2, 0.25) is 0 Å². The van der Waals surface area contributed by atoms with E-state index < -0.39 is 12.1 Å². The SMILES string of the molecule is OC(Cc1n[nH]nc1F)C1CC1. The predicted molar refractivity (Wildman–Crippen MR) is 38.8 cm³/mol. The van der Waals surface area contributed by atoms with Crippen molar-refractivity contribution in [1.29, 1.82) is 0 Å². The molecule has 1 atom stereocenters. The first-order valence-corrected chi connectivity index (χ1v) is 4.00. The van der Waals surface area contributed by atoms with Crippen LogP contribution in [0.15, 0.2) is 0 Å². The second kappa shape index (κ2) is 2.82. The largest absolute Gasteiger partial charge is 0.392 e. The second-order valence-electron chi connectivity index (χ2n) is 3.17. The number of H-pyrrole nitrogens is 1. The summed E-state index contributed by atoms with van der Waals surface area (Å²) in [6, 6.07) is 0. The topological polar surface area (TPSA) is 61.8 Å². The Morgan fingerprint density at radius 2 is 2.33 bits per heavy atom. The Kier molecular flexibility index (Phi) is 1.80. The average Bonchev–Trinajstić information content (AvgIpc) is 2.80. The maximum absolute atomic E-state index is 12.7. The maximum atomic E-state index is 12.7. The quantitative estimate of drug-likeness (QED) is 0.685. The van der Waals surface area contributed by atoms with Gasteiger partial charge in [0.1, 0.15) is 5.69 Å². The second-order valence-corrected chi connectivity index (χ2v) is 3.17. The molecule has 5 heteroatoms. The van der Waals surface area contributed by atoms with Crippen molar-refractivity contribution in [2.24, 2.45) is 5.92 Å². The van der Waals surface area contributed by atoms with E-state index in [1.807, 2.05) is 0 Å². The Bertz CT molecular complexity index is 271. The molecule has 1 unspecified atom stereocenters. The lowest BCUT2D eigenvalue weighted by Crippen LogP contribution is -2.13. The van der Waals surface area contributed by atoms with E-state index in [2.05, 4.69) is 15.4 Å². The third kappa shape index (κ3) is 1.45. The lowest BCUT2D eigenvalue weighted by atomic mass is 10.1. The van der Waals surface area contributed by atoms with Crippen molar-refractivity contribution in [2.45, 2.75) is 25.4 Å². The van der Waals surface area contributed by atoms with E-state index in [0.717, 1.165) is 12.8 Å². The van der Waals surface area contributed by atoms with Crippen LogP contribution in [-0.4, -0.2) is 26.6 Å². The van der Waals surface area contributed by atoms with Gasteiger partial charge in [-0.05, 0) is 18.8 Å². The van der Waals surface area contributed by atoms with Crippen molar-refractivity contribution in [1.82, 2.24) is 15.4 Å². The van der Waals surface area contributed by atoms with E-state index in [9.17, 15) is 9.50 Å². The van der Waals surface area contributed by atoms with Gasteiger partial charge in [-0.2, -0.15) is 14.7 Å². The third-order valence-corrected chi connectivity index (χ3v) is 2.14. The Labute approximate surface area is 68.8 Å². The highest BCUT2D eigenvalue weighted by molar-refractivity contribution is 4.98. The minimum atomic E-state index is -0.602. The van der Waals surface area contributed by atoms with Gasteiger partial charge in [0, 0.05) is 6.42 Å². The molecule has 66 valence electrons. The van der Waals surface area contributed by atoms with Crippen LogP contribution in [0.25, 0.3) is 0 Å². The molecule has 0 bridgehead atoms. The first-order chi connectivity index (χ1) is 5.77. The van der Waals surface area contributed by atoms with E-state index in [1.165, 1.54) is 0 Å². The summed E-state index contributed by atoms with van der Waals surface area (Å²) >= 11 is 0. The molecular weight excluding hydrogens is 161 g/mol. The van der Waals surface area contributed by atoms with Crippen molar-refractivity contribution >= 4 is 0 Å². The molecule has 12 heavy (non-hydrogen) atoms. The highest BCUT2D eigenvalue weighted by atomic mass is 19.1. The minimum absolute atomic E-state index is 0.231. The summed E-state index contributed by atoms with van der Waals surface area (Å²) in [7, 11) is 0. The zero-order valence-electron chi connectivity index (χ0n) is 6.50. The van der Waals surface area contributed by atoms with Gasteiger partial charge in [0.15, 0.2) is 0 Å². The first kappa shape index (κ1) is 7.67. The number of aromatic nitrogens is 3. The van der Waals surface area contributed by atoms with E-state index in [0.29, 0.717) is 5.92 Å². The van der Waals surface area contributed by atoms with E-state index >= 15 is 0 Å². The Morgan fingerprint density at radius 3 is 2.83 bits per heavy atom. The molecule has 4 nitrogen and oxygen atoms in total. The van der Waals surface area contributed by atoms with Crippen LogP contribution >= 0.6 is 0 Å². The number of aromatic amines is 1. The molecular formula is C7H10FN3O. The van der Waals surface area contributed by atoms with Crippen LogP contribution in [-0.2, 0) is 6.42 Å². The number of nitrogens with one attached hydrogen (secondary N) is 1. The fraction of sp³-hybridized carbons (Fsp3) is 0.714. The number of aliphatic hydroxyl groups is 1. The van der Waals surface area contributed by atoms with Crippen LogP contribution in [0.5, 0.6) is 0 Å². The highest BCUT2D eigenvalue weighted by Crippen LogP contribution is 2.33. The molecule has 1 saturated carbocycles. The molecule has 0 amide bonds. The number of rotatable bonds is 3. The summed E-state index contributed by atoms with van der Waals surface area (Å²) in [5.41, 5.74) is 0.231. The van der Waals surface area contributed by atoms with E-state index in [1.54, 1.807) is 0 Å². The highest BCUT2D eigenvalue weighted by Gasteiger charge is 2.30. The van der Waals surface area contributed by atoms with Crippen LogP contribution < -0.4 is 0 Å². The molecule has 1 aliphatic rings. The molecule has 0 aromatic carbocycles. The molecule has 1 heterocycles. The van der Waals surface area contributed by atoms with Gasteiger partial charge in [0.05, 0.1) is 6.10 Å². The summed E-state index contributed by atoms with van der Waals surface area (Å²) < 4.78 is 12.7. The zero-order chi connectivity index (χ0) is 8.55. The zero-order valence-corrected chi connectivity index (χ0v) is 6.50.